The Balaban J connectivity index is 2.19. The van der Waals surface area contributed by atoms with E-state index in [-0.39, 0.29) is 11.8 Å². The molecule has 3 N–H and O–H groups in total. The van der Waals surface area contributed by atoms with Gasteiger partial charge in [-0.1, -0.05) is 18.9 Å². The molecule has 0 saturated carbocycles. The highest BCUT2D eigenvalue weighted by atomic mass is 16.5. The number of phenols is 1. The van der Waals surface area contributed by atoms with Crippen molar-refractivity contribution in [2.75, 3.05) is 26.2 Å². The summed E-state index contributed by atoms with van der Waals surface area (Å²) in [5.74, 6) is 0.750. The Labute approximate surface area is 121 Å². The number of phenolic OH excluding ortho intramolecular Hbond substituents is 1. The molecule has 0 radical (unpaired) electrons. The third kappa shape index (κ3) is 3.64. The van der Waals surface area contributed by atoms with Gasteiger partial charge in [-0.05, 0) is 50.6 Å². The van der Waals surface area contributed by atoms with Gasteiger partial charge in [-0.15, -0.1) is 0 Å². The van der Waals surface area contributed by atoms with Gasteiger partial charge in [-0.2, -0.15) is 0 Å². The smallest absolute Gasteiger partial charge is 0.161 e. The van der Waals surface area contributed by atoms with Crippen LogP contribution in [0.3, 0.4) is 0 Å². The molecule has 112 valence electrons. The standard InChI is InChI=1S/C16H26N2O2/c1-2-20-16-11-13(7-8-15(16)19)14(12-17)18-9-5-3-4-6-10-18/h7-8,11,14,19H,2-6,9-10,12,17H2,1H3. The van der Waals surface area contributed by atoms with Gasteiger partial charge in [-0.3, -0.25) is 4.90 Å². The third-order valence-electron chi connectivity index (χ3n) is 3.97. The van der Waals surface area contributed by atoms with Crippen molar-refractivity contribution in [2.24, 2.45) is 5.73 Å². The monoisotopic (exact) mass is 278 g/mol. The predicted molar refractivity (Wildman–Crippen MR) is 81.1 cm³/mol. The van der Waals surface area contributed by atoms with E-state index >= 15 is 0 Å². The predicted octanol–water partition coefficient (Wildman–Crippen LogP) is 2.67. The molecule has 20 heavy (non-hydrogen) atoms. The second-order valence-corrected chi connectivity index (χ2v) is 5.36. The first-order valence-corrected chi connectivity index (χ1v) is 7.66. The fraction of sp³-hybridized carbons (Fsp3) is 0.625. The second kappa shape index (κ2) is 7.50. The Hall–Kier alpha value is -1.26. The summed E-state index contributed by atoms with van der Waals surface area (Å²) in [6.07, 6.45) is 5.11. The first kappa shape index (κ1) is 15.1. The van der Waals surface area contributed by atoms with E-state index in [1.165, 1.54) is 25.7 Å². The number of ether oxygens (including phenoxy) is 1. The van der Waals surface area contributed by atoms with Gasteiger partial charge >= 0.3 is 0 Å². The van der Waals surface area contributed by atoms with Crippen LogP contribution in [0.15, 0.2) is 18.2 Å². The summed E-state index contributed by atoms with van der Waals surface area (Å²) in [7, 11) is 0. The molecule has 1 unspecified atom stereocenters. The molecule has 1 aromatic rings. The molecule has 0 amide bonds. The normalized spacial score (nSPS) is 18.5. The molecular formula is C16H26N2O2. The quantitative estimate of drug-likeness (QED) is 0.869. The summed E-state index contributed by atoms with van der Waals surface area (Å²) in [6, 6.07) is 5.82. The van der Waals surface area contributed by atoms with Gasteiger partial charge in [0.15, 0.2) is 11.5 Å². The van der Waals surface area contributed by atoms with Crippen LogP contribution in [0.1, 0.15) is 44.2 Å². The van der Waals surface area contributed by atoms with E-state index in [4.69, 9.17) is 10.5 Å². The Morgan fingerprint density at radius 1 is 1.25 bits per heavy atom. The second-order valence-electron chi connectivity index (χ2n) is 5.36. The van der Waals surface area contributed by atoms with Crippen LogP contribution >= 0.6 is 0 Å². The maximum atomic E-state index is 9.81. The molecule has 1 aliphatic rings. The number of nitrogens with zero attached hydrogens (tertiary/aromatic N) is 1. The Morgan fingerprint density at radius 2 is 1.95 bits per heavy atom. The number of hydrogen-bond acceptors (Lipinski definition) is 4. The number of benzene rings is 1. The van der Waals surface area contributed by atoms with E-state index in [1.807, 2.05) is 19.1 Å². The summed E-state index contributed by atoms with van der Waals surface area (Å²) in [5.41, 5.74) is 7.14. The molecule has 0 spiro atoms. The minimum atomic E-state index is 0.197. The van der Waals surface area contributed by atoms with Crippen molar-refractivity contribution in [3.63, 3.8) is 0 Å². The van der Waals surface area contributed by atoms with Crippen LogP contribution in [0.25, 0.3) is 0 Å². The van der Waals surface area contributed by atoms with Crippen LogP contribution in [-0.2, 0) is 0 Å². The first-order chi connectivity index (χ1) is 9.76. The van der Waals surface area contributed by atoms with Crippen molar-refractivity contribution < 1.29 is 9.84 Å². The highest BCUT2D eigenvalue weighted by Crippen LogP contribution is 2.31. The van der Waals surface area contributed by atoms with Crippen molar-refractivity contribution in [2.45, 2.75) is 38.6 Å². The van der Waals surface area contributed by atoms with Crippen LogP contribution in [0.4, 0.5) is 0 Å². The largest absolute Gasteiger partial charge is 0.504 e. The van der Waals surface area contributed by atoms with Crippen LogP contribution in [0, 0.1) is 0 Å². The Kier molecular flexibility index (Phi) is 5.68. The van der Waals surface area contributed by atoms with Crippen LogP contribution in [0.5, 0.6) is 11.5 Å². The zero-order chi connectivity index (χ0) is 14.4. The molecule has 1 aliphatic heterocycles. The van der Waals surface area contributed by atoms with Gasteiger partial charge in [0.2, 0.25) is 0 Å². The number of hydrogen-bond donors (Lipinski definition) is 2. The maximum Gasteiger partial charge on any atom is 0.161 e. The molecule has 1 fully saturated rings. The lowest BCUT2D eigenvalue weighted by Crippen LogP contribution is -2.34. The Bertz CT molecular complexity index is 415. The van der Waals surface area contributed by atoms with E-state index in [1.54, 1.807) is 6.07 Å². The molecule has 1 heterocycles. The Morgan fingerprint density at radius 3 is 2.55 bits per heavy atom. The van der Waals surface area contributed by atoms with E-state index in [0.29, 0.717) is 18.9 Å². The minimum absolute atomic E-state index is 0.197. The fourth-order valence-electron chi connectivity index (χ4n) is 2.91. The average molecular weight is 278 g/mol. The molecule has 4 heteroatoms. The highest BCUT2D eigenvalue weighted by Gasteiger charge is 2.21. The van der Waals surface area contributed by atoms with Crippen molar-refractivity contribution in [3.05, 3.63) is 23.8 Å². The summed E-state index contributed by atoms with van der Waals surface area (Å²) in [6.45, 7) is 5.27. The fourth-order valence-corrected chi connectivity index (χ4v) is 2.91. The van der Waals surface area contributed by atoms with Crippen LogP contribution in [0.2, 0.25) is 0 Å². The van der Waals surface area contributed by atoms with Crippen molar-refractivity contribution in [1.29, 1.82) is 0 Å². The molecule has 1 atom stereocenters. The lowest BCUT2D eigenvalue weighted by atomic mass is 10.0. The van der Waals surface area contributed by atoms with E-state index in [9.17, 15) is 5.11 Å². The number of nitrogens with two attached hydrogens (primary N) is 1. The van der Waals surface area contributed by atoms with E-state index in [0.717, 1.165) is 18.7 Å². The van der Waals surface area contributed by atoms with Gasteiger partial charge < -0.3 is 15.6 Å². The first-order valence-electron chi connectivity index (χ1n) is 7.66. The zero-order valence-electron chi connectivity index (χ0n) is 12.3. The lowest BCUT2D eigenvalue weighted by Gasteiger charge is -2.30. The number of aromatic hydroxyl groups is 1. The molecule has 1 saturated heterocycles. The van der Waals surface area contributed by atoms with E-state index in [2.05, 4.69) is 4.90 Å². The third-order valence-corrected chi connectivity index (χ3v) is 3.97. The summed E-state index contributed by atoms with van der Waals surface area (Å²) in [5, 5.41) is 9.81. The SMILES string of the molecule is CCOc1cc(C(CN)N2CCCCCC2)ccc1O. The molecule has 2 rings (SSSR count). The molecule has 0 aromatic heterocycles. The van der Waals surface area contributed by atoms with Crippen LogP contribution < -0.4 is 10.5 Å². The highest BCUT2D eigenvalue weighted by molar-refractivity contribution is 5.43. The van der Waals surface area contributed by atoms with Crippen molar-refractivity contribution >= 4 is 0 Å². The van der Waals surface area contributed by atoms with Crippen molar-refractivity contribution in [1.82, 2.24) is 4.90 Å². The number of likely N-dealkylation sites (tertiary alicyclic amines) is 1. The molecule has 4 nitrogen and oxygen atoms in total. The molecule has 1 aromatic carbocycles. The van der Waals surface area contributed by atoms with Gasteiger partial charge in [0, 0.05) is 12.6 Å². The minimum Gasteiger partial charge on any atom is -0.504 e. The summed E-state index contributed by atoms with van der Waals surface area (Å²) < 4.78 is 5.47. The average Bonchev–Trinajstić information content (AvgIpc) is 2.72. The molecule has 0 aliphatic carbocycles. The van der Waals surface area contributed by atoms with Crippen molar-refractivity contribution in [3.8, 4) is 11.5 Å². The lowest BCUT2D eigenvalue weighted by molar-refractivity contribution is 0.209. The maximum absolute atomic E-state index is 9.81. The molecule has 0 bridgehead atoms. The summed E-state index contributed by atoms with van der Waals surface area (Å²) >= 11 is 0. The molecular weight excluding hydrogens is 252 g/mol. The zero-order valence-corrected chi connectivity index (χ0v) is 12.3. The van der Waals surface area contributed by atoms with Gasteiger partial charge in [0.05, 0.1) is 6.61 Å². The van der Waals surface area contributed by atoms with Gasteiger partial charge in [0.1, 0.15) is 0 Å². The van der Waals surface area contributed by atoms with E-state index < -0.39 is 0 Å². The van der Waals surface area contributed by atoms with Crippen LogP contribution in [-0.4, -0.2) is 36.2 Å². The van der Waals surface area contributed by atoms with Gasteiger partial charge in [0.25, 0.3) is 0 Å². The summed E-state index contributed by atoms with van der Waals surface area (Å²) in [4.78, 5) is 2.47. The topological polar surface area (TPSA) is 58.7 Å². The number of rotatable bonds is 5. The van der Waals surface area contributed by atoms with Gasteiger partial charge in [-0.25, -0.2) is 0 Å².